The number of esters is 1. The van der Waals surface area contributed by atoms with Crippen LogP contribution in [0.4, 0.5) is 0 Å². The number of carbonyl (C=O) groups is 2. The summed E-state index contributed by atoms with van der Waals surface area (Å²) < 4.78 is 5.10. The normalized spacial score (nSPS) is 17.8. The van der Waals surface area contributed by atoms with Crippen molar-refractivity contribution in [2.75, 3.05) is 0 Å². The molecule has 126 valence electrons. The highest BCUT2D eigenvalue weighted by molar-refractivity contribution is 5.87. The first kappa shape index (κ1) is 20.3. The van der Waals surface area contributed by atoms with E-state index in [0.29, 0.717) is 5.57 Å². The van der Waals surface area contributed by atoms with Crippen molar-refractivity contribution in [2.45, 2.75) is 58.0 Å². The molecule has 0 radical (unpaired) electrons. The number of ether oxygens (including phenoxy) is 1. The molecule has 0 bridgehead atoms. The average molecular weight is 316 g/mol. The van der Waals surface area contributed by atoms with Gasteiger partial charge in [0.1, 0.15) is 6.10 Å². The lowest BCUT2D eigenvalue weighted by Gasteiger charge is -2.21. The van der Waals surface area contributed by atoms with Crippen molar-refractivity contribution in [3.05, 3.63) is 23.8 Å². The minimum absolute atomic E-state index is 0.114. The maximum Gasteiger partial charge on any atom is 0.334 e. The third-order valence-corrected chi connectivity index (χ3v) is 3.02. The molecule has 7 heteroatoms. The number of carboxylic acid groups (broad SMARTS) is 1. The molecule has 0 aromatic carbocycles. The van der Waals surface area contributed by atoms with Crippen LogP contribution in [0.1, 0.15) is 33.6 Å². The van der Waals surface area contributed by atoms with Gasteiger partial charge in [-0.05, 0) is 33.3 Å². The standard InChI is InChI=1S/C15H24O7/c1-4-9(2)15(21)22-13(7-5-11(17)10(3)16)12(18)6-8-14(19)20/h4-5,7,10-13,16-18H,6,8H2,1-3H3,(H,19,20)/b7-5-,9-4+/t10-,11-,12-,13+/m1/s1. The molecule has 0 spiro atoms. The van der Waals surface area contributed by atoms with Crippen molar-refractivity contribution < 1.29 is 34.8 Å². The fraction of sp³-hybridized carbons (Fsp3) is 0.600. The van der Waals surface area contributed by atoms with Gasteiger partial charge in [-0.2, -0.15) is 0 Å². The van der Waals surface area contributed by atoms with Crippen molar-refractivity contribution in [3.8, 4) is 0 Å². The van der Waals surface area contributed by atoms with Crippen LogP contribution in [0.15, 0.2) is 23.8 Å². The topological polar surface area (TPSA) is 124 Å². The van der Waals surface area contributed by atoms with Gasteiger partial charge in [0, 0.05) is 12.0 Å². The number of allylic oxidation sites excluding steroid dienone is 1. The van der Waals surface area contributed by atoms with Crippen LogP contribution < -0.4 is 0 Å². The summed E-state index contributed by atoms with van der Waals surface area (Å²) >= 11 is 0. The molecule has 7 nitrogen and oxygen atoms in total. The maximum atomic E-state index is 11.7. The number of hydrogen-bond acceptors (Lipinski definition) is 6. The molecule has 4 atom stereocenters. The Morgan fingerprint density at radius 2 is 1.77 bits per heavy atom. The van der Waals surface area contributed by atoms with Crippen LogP contribution >= 0.6 is 0 Å². The number of carboxylic acids is 1. The lowest BCUT2D eigenvalue weighted by Crippen LogP contribution is -2.31. The molecule has 0 amide bonds. The zero-order valence-corrected chi connectivity index (χ0v) is 13.0. The van der Waals surface area contributed by atoms with E-state index in [-0.39, 0.29) is 12.8 Å². The van der Waals surface area contributed by atoms with Crippen LogP contribution in [0.3, 0.4) is 0 Å². The molecule has 0 aliphatic carbocycles. The molecule has 0 saturated heterocycles. The fourth-order valence-electron chi connectivity index (χ4n) is 1.40. The number of aliphatic hydroxyl groups is 3. The van der Waals surface area contributed by atoms with Crippen molar-refractivity contribution >= 4 is 11.9 Å². The van der Waals surface area contributed by atoms with Crippen LogP contribution in [0, 0.1) is 0 Å². The van der Waals surface area contributed by atoms with Gasteiger partial charge in [-0.15, -0.1) is 0 Å². The second-order valence-electron chi connectivity index (χ2n) is 4.96. The molecule has 4 N–H and O–H groups in total. The second-order valence-corrected chi connectivity index (χ2v) is 4.96. The highest BCUT2D eigenvalue weighted by Gasteiger charge is 2.23. The van der Waals surface area contributed by atoms with Gasteiger partial charge in [-0.25, -0.2) is 4.79 Å². The summed E-state index contributed by atoms with van der Waals surface area (Å²) in [4.78, 5) is 22.3. The molecule has 0 saturated carbocycles. The van der Waals surface area contributed by atoms with Crippen molar-refractivity contribution in [1.29, 1.82) is 0 Å². The summed E-state index contributed by atoms with van der Waals surface area (Å²) in [6.45, 7) is 4.57. The fourth-order valence-corrected chi connectivity index (χ4v) is 1.40. The highest BCUT2D eigenvalue weighted by atomic mass is 16.6. The molecule has 0 heterocycles. The minimum atomic E-state index is -1.23. The highest BCUT2D eigenvalue weighted by Crippen LogP contribution is 2.12. The first-order valence-corrected chi connectivity index (χ1v) is 6.97. The molecular weight excluding hydrogens is 292 g/mol. The predicted octanol–water partition coefficient (Wildman–Crippen LogP) is 0.388. The molecule has 0 aromatic heterocycles. The Morgan fingerprint density at radius 1 is 1.18 bits per heavy atom. The molecule has 22 heavy (non-hydrogen) atoms. The van der Waals surface area contributed by atoms with Gasteiger partial charge in [0.25, 0.3) is 0 Å². The molecule has 0 aliphatic rings. The van der Waals surface area contributed by atoms with Gasteiger partial charge < -0.3 is 25.2 Å². The predicted molar refractivity (Wildman–Crippen MR) is 79.0 cm³/mol. The Kier molecular flexibility index (Phi) is 9.32. The number of aliphatic hydroxyl groups excluding tert-OH is 3. The summed E-state index contributed by atoms with van der Waals surface area (Å²) in [6, 6.07) is 0. The second kappa shape index (κ2) is 10.1. The van der Waals surface area contributed by atoms with E-state index in [1.165, 1.54) is 32.1 Å². The first-order valence-electron chi connectivity index (χ1n) is 6.97. The average Bonchev–Trinajstić information content (AvgIpc) is 2.46. The Morgan fingerprint density at radius 3 is 2.23 bits per heavy atom. The third-order valence-electron chi connectivity index (χ3n) is 3.02. The molecular formula is C15H24O7. The number of aliphatic carboxylic acids is 1. The van der Waals surface area contributed by atoms with E-state index in [1.807, 2.05) is 0 Å². The molecule has 0 unspecified atom stereocenters. The van der Waals surface area contributed by atoms with E-state index < -0.39 is 36.4 Å². The molecule has 0 aliphatic heterocycles. The van der Waals surface area contributed by atoms with Gasteiger partial charge in [0.15, 0.2) is 0 Å². The number of rotatable bonds is 9. The van der Waals surface area contributed by atoms with Crippen LogP contribution in [-0.4, -0.2) is 56.8 Å². The van der Waals surface area contributed by atoms with Crippen LogP contribution in [0.5, 0.6) is 0 Å². The monoisotopic (exact) mass is 316 g/mol. The maximum absolute atomic E-state index is 11.7. The van der Waals surface area contributed by atoms with Gasteiger partial charge in [-0.3, -0.25) is 4.79 Å². The zero-order valence-electron chi connectivity index (χ0n) is 13.0. The number of hydrogen-bond donors (Lipinski definition) is 4. The molecule has 0 aromatic rings. The largest absolute Gasteiger partial charge is 0.481 e. The Bertz CT molecular complexity index is 426. The van der Waals surface area contributed by atoms with Crippen LogP contribution in [-0.2, 0) is 14.3 Å². The lowest BCUT2D eigenvalue weighted by molar-refractivity contribution is -0.147. The summed E-state index contributed by atoms with van der Waals surface area (Å²) in [5, 5.41) is 37.3. The SMILES string of the molecule is C/C=C(\C)C(=O)O[C@@H](/C=C\[C@@H](O)[C@@H](C)O)[C@H](O)CCC(=O)O. The van der Waals surface area contributed by atoms with Gasteiger partial charge in [0.05, 0.1) is 18.3 Å². The zero-order chi connectivity index (χ0) is 17.3. The van der Waals surface area contributed by atoms with Gasteiger partial charge in [0.2, 0.25) is 0 Å². The first-order chi connectivity index (χ1) is 10.2. The third kappa shape index (κ3) is 7.92. The van der Waals surface area contributed by atoms with Crippen molar-refractivity contribution in [1.82, 2.24) is 0 Å². The van der Waals surface area contributed by atoms with E-state index in [0.717, 1.165) is 0 Å². The Balaban J connectivity index is 4.97. The van der Waals surface area contributed by atoms with E-state index in [2.05, 4.69) is 0 Å². The number of carbonyl (C=O) groups excluding carboxylic acids is 1. The van der Waals surface area contributed by atoms with Crippen LogP contribution in [0.2, 0.25) is 0 Å². The van der Waals surface area contributed by atoms with Gasteiger partial charge in [-0.1, -0.05) is 12.2 Å². The Labute approximate surface area is 129 Å². The van der Waals surface area contributed by atoms with E-state index in [9.17, 15) is 24.9 Å². The minimum Gasteiger partial charge on any atom is -0.481 e. The summed E-state index contributed by atoms with van der Waals surface area (Å²) in [6.07, 6.45) is -0.990. The molecule has 0 rings (SSSR count). The van der Waals surface area contributed by atoms with Crippen LogP contribution in [0.25, 0.3) is 0 Å². The van der Waals surface area contributed by atoms with E-state index in [4.69, 9.17) is 9.84 Å². The van der Waals surface area contributed by atoms with E-state index >= 15 is 0 Å². The van der Waals surface area contributed by atoms with Crippen molar-refractivity contribution in [3.63, 3.8) is 0 Å². The summed E-state index contributed by atoms with van der Waals surface area (Å²) in [5.41, 5.74) is 0.333. The lowest BCUT2D eigenvalue weighted by atomic mass is 10.1. The summed E-state index contributed by atoms with van der Waals surface area (Å²) in [7, 11) is 0. The van der Waals surface area contributed by atoms with Crippen molar-refractivity contribution in [2.24, 2.45) is 0 Å². The quantitative estimate of drug-likeness (QED) is 0.275. The summed E-state index contributed by atoms with van der Waals surface area (Å²) in [5.74, 6) is -1.74. The smallest absolute Gasteiger partial charge is 0.334 e. The van der Waals surface area contributed by atoms with Gasteiger partial charge >= 0.3 is 11.9 Å². The molecule has 0 fully saturated rings. The Hall–Kier alpha value is -1.70. The van der Waals surface area contributed by atoms with E-state index in [1.54, 1.807) is 6.92 Å².